The first-order valence-corrected chi connectivity index (χ1v) is 9.88. The molecule has 4 rings (SSSR count). The molecule has 0 spiro atoms. The minimum Gasteiger partial charge on any atom is -0.479 e. The number of carbonyl (C=O) groups is 2. The fourth-order valence-corrected chi connectivity index (χ4v) is 3.35. The Morgan fingerprint density at radius 2 is 1.87 bits per heavy atom. The lowest BCUT2D eigenvalue weighted by molar-refractivity contribution is -0.144. The third-order valence-electron chi connectivity index (χ3n) is 4.75. The van der Waals surface area contributed by atoms with Crippen LogP contribution in [0.4, 0.5) is 0 Å². The molecule has 4 aromatic rings. The highest BCUT2D eigenvalue weighted by molar-refractivity contribution is 6.30. The Hall–Kier alpha value is -3.71. The maximum Gasteiger partial charge on any atom is 0.344 e. The smallest absolute Gasteiger partial charge is 0.344 e. The molecule has 0 radical (unpaired) electrons. The lowest BCUT2D eigenvalue weighted by atomic mass is 10.1. The van der Waals surface area contributed by atoms with E-state index in [4.69, 9.17) is 21.4 Å². The van der Waals surface area contributed by atoms with Crippen LogP contribution in [0.3, 0.4) is 0 Å². The Bertz CT molecular complexity index is 1270. The Morgan fingerprint density at radius 3 is 2.61 bits per heavy atom. The largest absolute Gasteiger partial charge is 0.479 e. The van der Waals surface area contributed by atoms with Crippen LogP contribution in [0.25, 0.3) is 11.2 Å². The molecule has 8 heteroatoms. The highest BCUT2D eigenvalue weighted by Gasteiger charge is 2.19. The number of carbonyl (C=O) groups excluding carboxylic acids is 1. The summed E-state index contributed by atoms with van der Waals surface area (Å²) >= 11 is 5.93. The summed E-state index contributed by atoms with van der Waals surface area (Å²) in [5, 5.41) is 9.60. The zero-order valence-corrected chi connectivity index (χ0v) is 17.3. The van der Waals surface area contributed by atoms with Gasteiger partial charge in [-0.25, -0.2) is 9.78 Å². The number of fused-ring (bicyclic) bond motifs is 1. The monoisotopic (exact) mass is 435 g/mol. The number of rotatable bonds is 7. The maximum absolute atomic E-state index is 13.1. The molecule has 0 fully saturated rings. The molecule has 0 saturated carbocycles. The minimum atomic E-state index is -1.04. The predicted molar refractivity (Wildman–Crippen MR) is 116 cm³/mol. The summed E-state index contributed by atoms with van der Waals surface area (Å²) < 4.78 is 7.29. The van der Waals surface area contributed by atoms with Gasteiger partial charge in [0.25, 0.3) is 0 Å². The van der Waals surface area contributed by atoms with Crippen molar-refractivity contribution in [1.29, 1.82) is 0 Å². The molecule has 7 nitrogen and oxygen atoms in total. The van der Waals surface area contributed by atoms with Crippen molar-refractivity contribution in [2.75, 3.05) is 0 Å². The number of ether oxygens (including phenoxy) is 1. The number of halogens is 1. The van der Waals surface area contributed by atoms with Crippen molar-refractivity contribution in [2.24, 2.45) is 0 Å². The molecule has 2 aromatic carbocycles. The van der Waals surface area contributed by atoms with E-state index >= 15 is 0 Å². The first-order valence-electron chi connectivity index (χ1n) is 9.51. The second kappa shape index (κ2) is 8.57. The van der Waals surface area contributed by atoms with E-state index in [1.807, 2.05) is 10.6 Å². The number of nitrogens with zero attached hydrogens (tertiary/aromatic N) is 3. The van der Waals surface area contributed by atoms with Gasteiger partial charge in [-0.1, -0.05) is 23.7 Å². The average Bonchev–Trinajstić information content (AvgIpc) is 3.12. The fourth-order valence-electron chi connectivity index (χ4n) is 3.22. The quantitative estimate of drug-likeness (QED) is 0.437. The molecular weight excluding hydrogens is 418 g/mol. The molecule has 31 heavy (non-hydrogen) atoms. The van der Waals surface area contributed by atoms with Gasteiger partial charge in [0.05, 0.1) is 5.56 Å². The van der Waals surface area contributed by atoms with Gasteiger partial charge in [0.15, 0.2) is 17.5 Å². The van der Waals surface area contributed by atoms with Gasteiger partial charge in [-0.15, -0.1) is 0 Å². The molecule has 1 N–H and O–H groups in total. The van der Waals surface area contributed by atoms with Crippen molar-refractivity contribution in [3.63, 3.8) is 0 Å². The summed E-state index contributed by atoms with van der Waals surface area (Å²) in [4.78, 5) is 32.9. The molecule has 2 aromatic heterocycles. The molecule has 0 bridgehead atoms. The first-order chi connectivity index (χ1) is 14.9. The number of aromatic nitrogens is 3. The number of hydrogen-bond acceptors (Lipinski definition) is 5. The van der Waals surface area contributed by atoms with Crippen LogP contribution in [-0.4, -0.2) is 37.5 Å². The molecule has 2 heterocycles. The van der Waals surface area contributed by atoms with Crippen molar-refractivity contribution < 1.29 is 19.4 Å². The van der Waals surface area contributed by atoms with E-state index in [0.717, 1.165) is 5.56 Å². The number of carboxylic acid groups (broad SMARTS) is 1. The Labute approximate surface area is 182 Å². The van der Waals surface area contributed by atoms with Crippen molar-refractivity contribution in [1.82, 2.24) is 14.5 Å². The lowest BCUT2D eigenvalue weighted by Gasteiger charge is -2.12. The van der Waals surface area contributed by atoms with Gasteiger partial charge in [-0.2, -0.15) is 0 Å². The highest BCUT2D eigenvalue weighted by Crippen LogP contribution is 2.23. The van der Waals surface area contributed by atoms with Gasteiger partial charge in [-0.3, -0.25) is 9.78 Å². The van der Waals surface area contributed by atoms with Gasteiger partial charge >= 0.3 is 5.97 Å². The topological polar surface area (TPSA) is 94.3 Å². The Kier molecular flexibility index (Phi) is 5.68. The van der Waals surface area contributed by atoms with E-state index in [-0.39, 0.29) is 5.78 Å². The number of aliphatic carboxylic acids is 1. The summed E-state index contributed by atoms with van der Waals surface area (Å²) in [6, 6.07) is 13.8. The van der Waals surface area contributed by atoms with Gasteiger partial charge in [0.1, 0.15) is 11.3 Å². The van der Waals surface area contributed by atoms with E-state index in [2.05, 4.69) is 9.97 Å². The van der Waals surface area contributed by atoms with Crippen LogP contribution in [0.5, 0.6) is 5.75 Å². The molecule has 0 saturated heterocycles. The zero-order chi connectivity index (χ0) is 22.0. The fraction of sp³-hybridized carbons (Fsp3) is 0.130. The Morgan fingerprint density at radius 1 is 1.13 bits per heavy atom. The average molecular weight is 436 g/mol. The lowest BCUT2D eigenvalue weighted by Crippen LogP contribution is -2.22. The van der Waals surface area contributed by atoms with Crippen LogP contribution in [-0.2, 0) is 11.3 Å². The van der Waals surface area contributed by atoms with Crippen LogP contribution in [0.2, 0.25) is 5.02 Å². The number of hydrogen-bond donors (Lipinski definition) is 1. The summed E-state index contributed by atoms with van der Waals surface area (Å²) in [6.07, 6.45) is 3.89. The minimum absolute atomic E-state index is 0.173. The first kappa shape index (κ1) is 20.6. The predicted octanol–water partition coefficient (Wildman–Crippen LogP) is 4.22. The van der Waals surface area contributed by atoms with Crippen molar-refractivity contribution >= 4 is 34.5 Å². The molecule has 0 aliphatic carbocycles. The van der Waals surface area contributed by atoms with Crippen LogP contribution < -0.4 is 4.74 Å². The van der Waals surface area contributed by atoms with Crippen molar-refractivity contribution in [2.45, 2.75) is 19.6 Å². The van der Waals surface area contributed by atoms with E-state index in [1.54, 1.807) is 61.1 Å². The summed E-state index contributed by atoms with van der Waals surface area (Å²) in [7, 11) is 0. The summed E-state index contributed by atoms with van der Waals surface area (Å²) in [6.45, 7) is 1.88. The Balaban J connectivity index is 1.67. The highest BCUT2D eigenvalue weighted by atomic mass is 35.5. The van der Waals surface area contributed by atoms with Gasteiger partial charge in [-0.05, 0) is 48.9 Å². The summed E-state index contributed by atoms with van der Waals surface area (Å²) in [5.74, 6) is -0.761. The molecule has 1 atom stereocenters. The third-order valence-corrected chi connectivity index (χ3v) is 5.01. The van der Waals surface area contributed by atoms with Gasteiger partial charge in [0.2, 0.25) is 0 Å². The SMILES string of the molecule is C[C@H](Oc1cccc(Cn2cc(C(=O)c3ccc(Cl)cc3)c3nccnc32)c1)C(=O)O. The van der Waals surface area contributed by atoms with Crippen LogP contribution >= 0.6 is 11.6 Å². The van der Waals surface area contributed by atoms with Crippen molar-refractivity contribution in [3.05, 3.63) is 88.8 Å². The molecule has 0 aliphatic rings. The van der Waals surface area contributed by atoms with Crippen molar-refractivity contribution in [3.8, 4) is 5.75 Å². The van der Waals surface area contributed by atoms with Gasteiger partial charge < -0.3 is 14.4 Å². The van der Waals surface area contributed by atoms with Gasteiger partial charge in [0, 0.05) is 35.7 Å². The summed E-state index contributed by atoms with van der Waals surface area (Å²) in [5.41, 5.74) is 2.90. The second-order valence-electron chi connectivity index (χ2n) is 6.98. The number of ketones is 1. The zero-order valence-electron chi connectivity index (χ0n) is 16.5. The number of benzene rings is 2. The third kappa shape index (κ3) is 4.41. The number of carboxylic acids is 1. The molecule has 0 aliphatic heterocycles. The van der Waals surface area contributed by atoms with Crippen LogP contribution in [0, 0.1) is 0 Å². The van der Waals surface area contributed by atoms with E-state index in [0.29, 0.717) is 39.6 Å². The molecule has 0 amide bonds. The van der Waals surface area contributed by atoms with E-state index < -0.39 is 12.1 Å². The molecule has 156 valence electrons. The van der Waals surface area contributed by atoms with E-state index in [1.165, 1.54) is 6.92 Å². The molecular formula is C23H18ClN3O4. The van der Waals surface area contributed by atoms with E-state index in [9.17, 15) is 9.59 Å². The standard InChI is InChI=1S/C23H18ClN3O4/c1-14(23(29)30)31-18-4-2-3-15(11-18)12-27-13-19(20-22(27)26-10-9-25-20)21(28)16-5-7-17(24)8-6-16/h2-11,13-14H,12H2,1H3,(H,29,30)/t14-/m0/s1. The molecule has 0 unspecified atom stereocenters. The maximum atomic E-state index is 13.1. The van der Waals surface area contributed by atoms with Crippen LogP contribution in [0.15, 0.2) is 67.1 Å². The normalized spacial score (nSPS) is 11.9. The second-order valence-corrected chi connectivity index (χ2v) is 7.42. The van der Waals surface area contributed by atoms with Crippen LogP contribution in [0.1, 0.15) is 28.4 Å².